The van der Waals surface area contributed by atoms with Crippen molar-refractivity contribution in [1.29, 1.82) is 0 Å². The van der Waals surface area contributed by atoms with E-state index in [9.17, 15) is 0 Å². The van der Waals surface area contributed by atoms with E-state index in [2.05, 4.69) is 205 Å². The fourth-order valence-electron chi connectivity index (χ4n) is 7.33. The summed E-state index contributed by atoms with van der Waals surface area (Å²) in [6, 6.07) is 68.0. The number of fused-ring (bicyclic) bond motifs is 4. The van der Waals surface area contributed by atoms with Crippen LogP contribution in [-0.4, -0.2) is 0 Å². The Kier molecular flexibility index (Phi) is 7.22. The summed E-state index contributed by atoms with van der Waals surface area (Å²) in [4.78, 5) is 2.42. The normalized spacial score (nSPS) is 11.6. The Morgan fingerprint density at radius 3 is 1.39 bits per heavy atom. The molecule has 0 aliphatic carbocycles. The molecule has 0 N–H and O–H groups in total. The monoisotopic (exact) mass is 623 g/mol. The van der Waals surface area contributed by atoms with Crippen molar-refractivity contribution in [2.24, 2.45) is 0 Å². The van der Waals surface area contributed by atoms with Crippen molar-refractivity contribution in [2.75, 3.05) is 4.90 Å². The van der Waals surface area contributed by atoms with Crippen molar-refractivity contribution in [1.82, 2.24) is 0 Å². The van der Waals surface area contributed by atoms with E-state index in [1.54, 1.807) is 0 Å². The zero-order valence-corrected chi connectivity index (χ0v) is 27.0. The molecule has 0 unspecified atom stereocenters. The summed E-state index contributed by atoms with van der Waals surface area (Å²) in [5, 5.41) is 9.94. The number of benzene rings is 9. The maximum absolute atomic E-state index is 2.42. The van der Waals surface area contributed by atoms with Crippen molar-refractivity contribution in [2.45, 2.75) is 0 Å². The predicted molar refractivity (Wildman–Crippen MR) is 212 cm³/mol. The molecule has 9 aromatic carbocycles. The minimum absolute atomic E-state index is 1.11. The lowest BCUT2D eigenvalue weighted by atomic mass is 9.85. The Morgan fingerprint density at radius 2 is 0.776 bits per heavy atom. The first-order chi connectivity index (χ1) is 24.3. The number of hydrogen-bond donors (Lipinski definition) is 0. The van der Waals surface area contributed by atoms with Crippen molar-refractivity contribution in [3.8, 4) is 11.1 Å². The Morgan fingerprint density at radius 1 is 0.327 bits per heavy atom. The number of anilines is 3. The summed E-state index contributed by atoms with van der Waals surface area (Å²) < 4.78 is 0. The summed E-state index contributed by atoms with van der Waals surface area (Å²) in [7, 11) is 0. The third-order valence-corrected chi connectivity index (χ3v) is 9.56. The van der Waals surface area contributed by atoms with Crippen LogP contribution >= 0.6 is 0 Å². The molecular weight excluding hydrogens is 591 g/mol. The molecule has 0 fully saturated rings. The first-order valence-corrected chi connectivity index (χ1v) is 16.9. The zero-order chi connectivity index (χ0) is 32.6. The molecule has 0 amide bonds. The van der Waals surface area contributed by atoms with E-state index in [0.29, 0.717) is 0 Å². The molecule has 0 bridgehead atoms. The van der Waals surface area contributed by atoms with E-state index < -0.39 is 0 Å². The van der Waals surface area contributed by atoms with Gasteiger partial charge in [-0.15, -0.1) is 0 Å². The van der Waals surface area contributed by atoms with Gasteiger partial charge in [0.1, 0.15) is 0 Å². The summed E-state index contributed by atoms with van der Waals surface area (Å²) in [5.41, 5.74) is 8.26. The van der Waals surface area contributed by atoms with E-state index in [4.69, 9.17) is 0 Å². The van der Waals surface area contributed by atoms with E-state index in [0.717, 1.165) is 22.6 Å². The van der Waals surface area contributed by atoms with Crippen molar-refractivity contribution in [3.63, 3.8) is 0 Å². The fraction of sp³-hybridized carbons (Fsp3) is 0. The molecule has 0 spiro atoms. The van der Waals surface area contributed by atoms with Gasteiger partial charge in [0, 0.05) is 22.3 Å². The van der Waals surface area contributed by atoms with Gasteiger partial charge in [-0.05, 0) is 96.9 Å². The highest BCUT2D eigenvalue weighted by Crippen LogP contribution is 2.48. The zero-order valence-electron chi connectivity index (χ0n) is 27.0. The van der Waals surface area contributed by atoms with Gasteiger partial charge >= 0.3 is 0 Å². The smallest absolute Gasteiger partial charge is 0.0546 e. The number of rotatable bonds is 6. The number of para-hydroxylation sites is 1. The van der Waals surface area contributed by atoms with Crippen LogP contribution in [0.25, 0.3) is 66.4 Å². The van der Waals surface area contributed by atoms with E-state index in [1.165, 1.54) is 59.8 Å². The quantitative estimate of drug-likeness (QED) is 0.132. The van der Waals surface area contributed by atoms with Crippen LogP contribution < -0.4 is 4.90 Å². The number of nitrogens with zero attached hydrogens (tertiary/aromatic N) is 1. The van der Waals surface area contributed by atoms with Crippen LogP contribution in [-0.2, 0) is 0 Å². The molecule has 0 saturated heterocycles. The predicted octanol–water partition coefficient (Wildman–Crippen LogP) is 13.6. The SMILES string of the molecule is C(=Cc1ccc(N(c2ccccc2)c2cccc3cc4ccccc4c(-c4c5ccccc5cc5ccccc45)c23)cc1)c1ccccc1. The molecule has 0 heterocycles. The van der Waals surface area contributed by atoms with Crippen LogP contribution in [0.3, 0.4) is 0 Å². The van der Waals surface area contributed by atoms with Gasteiger partial charge in [0.25, 0.3) is 0 Å². The summed E-state index contributed by atoms with van der Waals surface area (Å²) >= 11 is 0. The molecule has 9 aromatic rings. The van der Waals surface area contributed by atoms with Gasteiger partial charge < -0.3 is 4.90 Å². The van der Waals surface area contributed by atoms with Gasteiger partial charge in [0.05, 0.1) is 5.69 Å². The molecule has 0 aliphatic rings. The highest BCUT2D eigenvalue weighted by molar-refractivity contribution is 6.25. The lowest BCUT2D eigenvalue weighted by molar-refractivity contribution is 1.30. The topological polar surface area (TPSA) is 3.24 Å². The number of hydrogen-bond acceptors (Lipinski definition) is 1. The van der Waals surface area contributed by atoms with Crippen molar-refractivity contribution in [3.05, 3.63) is 199 Å². The van der Waals surface area contributed by atoms with Crippen LogP contribution in [0.2, 0.25) is 0 Å². The largest absolute Gasteiger partial charge is 0.310 e. The molecular formula is C48H33N. The standard InChI is InChI=1S/C48H33N/c1-3-14-34(15-4-1)26-27-35-28-30-41(31-29-35)49(40-20-5-2-6-21-40)45-25-13-19-39-33-38-18-9-12-24-44(38)48(46(39)45)47-42-22-10-7-16-36(42)32-37-17-8-11-23-43(37)47/h1-33H. The molecule has 0 atom stereocenters. The first-order valence-electron chi connectivity index (χ1n) is 16.9. The molecule has 49 heavy (non-hydrogen) atoms. The Hall–Kier alpha value is -6.44. The first kappa shape index (κ1) is 28.8. The van der Waals surface area contributed by atoms with E-state index in [-0.39, 0.29) is 0 Å². The maximum Gasteiger partial charge on any atom is 0.0546 e. The Labute approximate surface area is 286 Å². The lowest BCUT2D eigenvalue weighted by Gasteiger charge is -2.28. The minimum atomic E-state index is 1.11. The second kappa shape index (κ2) is 12.3. The van der Waals surface area contributed by atoms with Gasteiger partial charge in [-0.25, -0.2) is 0 Å². The van der Waals surface area contributed by atoms with Gasteiger partial charge in [-0.2, -0.15) is 0 Å². The summed E-state index contributed by atoms with van der Waals surface area (Å²) in [6.45, 7) is 0. The Balaban J connectivity index is 1.34. The maximum atomic E-state index is 2.42. The lowest BCUT2D eigenvalue weighted by Crippen LogP contribution is -2.10. The van der Waals surface area contributed by atoms with Gasteiger partial charge in [-0.1, -0.05) is 158 Å². The second-order valence-electron chi connectivity index (χ2n) is 12.5. The second-order valence-corrected chi connectivity index (χ2v) is 12.5. The van der Waals surface area contributed by atoms with Gasteiger partial charge in [0.15, 0.2) is 0 Å². The molecule has 0 saturated carbocycles. The fourth-order valence-corrected chi connectivity index (χ4v) is 7.33. The summed E-state index contributed by atoms with van der Waals surface area (Å²) in [5.74, 6) is 0. The van der Waals surface area contributed by atoms with Crippen LogP contribution in [0.4, 0.5) is 17.1 Å². The van der Waals surface area contributed by atoms with Gasteiger partial charge in [-0.3, -0.25) is 0 Å². The van der Waals surface area contributed by atoms with Crippen molar-refractivity contribution < 1.29 is 0 Å². The van der Waals surface area contributed by atoms with Crippen LogP contribution in [0.5, 0.6) is 0 Å². The van der Waals surface area contributed by atoms with E-state index in [1.807, 2.05) is 0 Å². The van der Waals surface area contributed by atoms with Gasteiger partial charge in [0.2, 0.25) is 0 Å². The average molecular weight is 624 g/mol. The molecule has 0 aromatic heterocycles. The molecule has 0 radical (unpaired) electrons. The molecule has 1 nitrogen and oxygen atoms in total. The molecule has 0 aliphatic heterocycles. The van der Waals surface area contributed by atoms with Crippen LogP contribution in [0.1, 0.15) is 11.1 Å². The molecule has 9 rings (SSSR count). The molecule has 230 valence electrons. The van der Waals surface area contributed by atoms with Crippen LogP contribution in [0.15, 0.2) is 188 Å². The average Bonchev–Trinajstić information content (AvgIpc) is 3.17. The summed E-state index contributed by atoms with van der Waals surface area (Å²) in [6.07, 6.45) is 4.35. The Bertz CT molecular complexity index is 2580. The van der Waals surface area contributed by atoms with Crippen LogP contribution in [0, 0.1) is 0 Å². The highest BCUT2D eigenvalue weighted by atomic mass is 15.1. The third kappa shape index (κ3) is 5.23. The third-order valence-electron chi connectivity index (χ3n) is 9.56. The molecule has 1 heteroatoms. The van der Waals surface area contributed by atoms with E-state index >= 15 is 0 Å². The minimum Gasteiger partial charge on any atom is -0.310 e. The van der Waals surface area contributed by atoms with Crippen molar-refractivity contribution >= 4 is 72.3 Å². The highest BCUT2D eigenvalue weighted by Gasteiger charge is 2.22.